The quantitative estimate of drug-likeness (QED) is 0.578. The number of aryl methyl sites for hydroxylation is 1. The molecule has 7 heteroatoms. The summed E-state index contributed by atoms with van der Waals surface area (Å²) in [7, 11) is 2.08. The van der Waals surface area contributed by atoms with Gasteiger partial charge in [0.15, 0.2) is 0 Å². The molecule has 27 heavy (non-hydrogen) atoms. The highest BCUT2D eigenvalue weighted by Crippen LogP contribution is 2.46. The van der Waals surface area contributed by atoms with E-state index < -0.39 is 4.92 Å². The van der Waals surface area contributed by atoms with E-state index in [0.717, 1.165) is 36.3 Å². The number of hydrogen-bond acceptors (Lipinski definition) is 4. The number of carbonyl (C=O) groups is 1. The van der Waals surface area contributed by atoms with Crippen LogP contribution in [-0.4, -0.2) is 41.9 Å². The van der Waals surface area contributed by atoms with Crippen molar-refractivity contribution in [2.75, 3.05) is 25.0 Å². The van der Waals surface area contributed by atoms with Gasteiger partial charge >= 0.3 is 0 Å². The van der Waals surface area contributed by atoms with Crippen molar-refractivity contribution in [2.24, 2.45) is 0 Å². The number of rotatable bonds is 2. The van der Waals surface area contributed by atoms with Crippen LogP contribution in [0.1, 0.15) is 33.8 Å². The van der Waals surface area contributed by atoms with Crippen molar-refractivity contribution in [3.8, 4) is 0 Å². The maximum Gasteiger partial charge on any atom is 0.282 e. The largest absolute Gasteiger partial charge is 0.306 e. The van der Waals surface area contributed by atoms with Gasteiger partial charge in [-0.3, -0.25) is 14.9 Å². The van der Waals surface area contributed by atoms with Gasteiger partial charge in [0.25, 0.3) is 11.6 Å². The number of carbonyl (C=O) groups excluding carboxylic acids is 1. The molecule has 6 nitrogen and oxygen atoms in total. The number of likely N-dealkylation sites (tertiary alicyclic amines) is 1. The van der Waals surface area contributed by atoms with Gasteiger partial charge in [0, 0.05) is 35.3 Å². The SMILES string of the molecule is Cc1ccc2c(c1)[C@H]1CN(C)CC[C@H]1N2C(=O)c1cc(Cl)ccc1[N+](=O)[O-]. The number of piperidine rings is 1. The average molecular weight is 386 g/mol. The van der Waals surface area contributed by atoms with Gasteiger partial charge in [0.1, 0.15) is 5.56 Å². The van der Waals surface area contributed by atoms with E-state index in [1.807, 2.05) is 19.1 Å². The minimum absolute atomic E-state index is 0.00378. The summed E-state index contributed by atoms with van der Waals surface area (Å²) >= 11 is 6.05. The van der Waals surface area contributed by atoms with Gasteiger partial charge in [0.2, 0.25) is 0 Å². The van der Waals surface area contributed by atoms with Crippen LogP contribution in [0, 0.1) is 17.0 Å². The van der Waals surface area contributed by atoms with Gasteiger partial charge in [-0.15, -0.1) is 0 Å². The van der Waals surface area contributed by atoms with Gasteiger partial charge in [0.05, 0.1) is 4.92 Å². The van der Waals surface area contributed by atoms with Crippen LogP contribution in [0.3, 0.4) is 0 Å². The topological polar surface area (TPSA) is 66.7 Å². The molecule has 0 spiro atoms. The van der Waals surface area contributed by atoms with Crippen molar-refractivity contribution in [1.82, 2.24) is 4.90 Å². The number of nitro groups is 1. The van der Waals surface area contributed by atoms with E-state index in [4.69, 9.17) is 11.6 Å². The molecule has 2 aromatic rings. The second-order valence-corrected chi connectivity index (χ2v) is 7.82. The van der Waals surface area contributed by atoms with Gasteiger partial charge in [-0.05, 0) is 50.7 Å². The van der Waals surface area contributed by atoms with Crippen LogP contribution in [0.2, 0.25) is 5.02 Å². The number of amides is 1. The first-order chi connectivity index (χ1) is 12.9. The molecular formula is C20H20ClN3O3. The third-order valence-corrected chi connectivity index (χ3v) is 5.79. The molecule has 1 saturated heterocycles. The maximum absolute atomic E-state index is 13.5. The molecule has 0 aromatic heterocycles. The number of benzene rings is 2. The van der Waals surface area contributed by atoms with Crippen molar-refractivity contribution in [1.29, 1.82) is 0 Å². The molecule has 0 aliphatic carbocycles. The number of nitro benzene ring substituents is 1. The summed E-state index contributed by atoms with van der Waals surface area (Å²) in [6.45, 7) is 3.78. The van der Waals surface area contributed by atoms with Crippen LogP contribution in [0.4, 0.5) is 11.4 Å². The Morgan fingerprint density at radius 3 is 2.78 bits per heavy atom. The Morgan fingerprint density at radius 1 is 1.26 bits per heavy atom. The molecular weight excluding hydrogens is 366 g/mol. The Bertz CT molecular complexity index is 946. The average Bonchev–Trinajstić information content (AvgIpc) is 2.93. The highest BCUT2D eigenvalue weighted by atomic mass is 35.5. The molecule has 0 saturated carbocycles. The number of nitrogens with zero attached hydrogens (tertiary/aromatic N) is 3. The van der Waals surface area contributed by atoms with E-state index in [2.05, 4.69) is 18.0 Å². The minimum atomic E-state index is -0.526. The highest BCUT2D eigenvalue weighted by molar-refractivity contribution is 6.31. The molecule has 2 aromatic carbocycles. The first-order valence-electron chi connectivity index (χ1n) is 8.93. The fraction of sp³-hybridized carbons (Fsp3) is 0.350. The summed E-state index contributed by atoms with van der Waals surface area (Å²) in [5, 5.41) is 11.8. The van der Waals surface area contributed by atoms with Gasteiger partial charge in [-0.1, -0.05) is 29.3 Å². The van der Waals surface area contributed by atoms with E-state index >= 15 is 0 Å². The molecule has 0 bridgehead atoms. The second kappa shape index (κ2) is 6.62. The minimum Gasteiger partial charge on any atom is -0.306 e. The molecule has 4 rings (SSSR count). The smallest absolute Gasteiger partial charge is 0.282 e. The Hall–Kier alpha value is -2.44. The summed E-state index contributed by atoms with van der Waals surface area (Å²) < 4.78 is 0. The van der Waals surface area contributed by atoms with Crippen molar-refractivity contribution < 1.29 is 9.72 Å². The standard InChI is InChI=1S/C20H20ClN3O3/c1-12-3-5-17-14(9-12)16-11-22(2)8-7-18(16)23(17)20(25)15-10-13(21)4-6-19(15)24(26)27/h3-6,9-10,16,18H,7-8,11H2,1-2H3/t16-,18-/m1/s1. The fourth-order valence-electron chi connectivity index (χ4n) is 4.31. The lowest BCUT2D eigenvalue weighted by Crippen LogP contribution is -2.47. The van der Waals surface area contributed by atoms with E-state index in [9.17, 15) is 14.9 Å². The monoisotopic (exact) mass is 385 g/mol. The Labute approximate surface area is 162 Å². The van der Waals surface area contributed by atoms with Gasteiger partial charge < -0.3 is 9.80 Å². The molecule has 2 heterocycles. The summed E-state index contributed by atoms with van der Waals surface area (Å²) in [4.78, 5) is 28.4. The predicted octanol–water partition coefficient (Wildman–Crippen LogP) is 4.00. The summed E-state index contributed by atoms with van der Waals surface area (Å²) in [6, 6.07) is 10.2. The molecule has 0 unspecified atom stereocenters. The molecule has 2 atom stereocenters. The molecule has 1 amide bonds. The van der Waals surface area contributed by atoms with Crippen LogP contribution in [0.5, 0.6) is 0 Å². The Balaban J connectivity index is 1.83. The highest BCUT2D eigenvalue weighted by Gasteiger charge is 2.45. The molecule has 2 aliphatic rings. The van der Waals surface area contributed by atoms with Gasteiger partial charge in [-0.25, -0.2) is 0 Å². The summed E-state index contributed by atoms with van der Waals surface area (Å²) in [6.07, 6.45) is 0.828. The summed E-state index contributed by atoms with van der Waals surface area (Å²) in [5.41, 5.74) is 2.96. The second-order valence-electron chi connectivity index (χ2n) is 7.38. The van der Waals surface area contributed by atoms with Crippen LogP contribution in [0.25, 0.3) is 0 Å². The number of anilines is 1. The van der Waals surface area contributed by atoms with Crippen LogP contribution >= 0.6 is 11.6 Å². The number of hydrogen-bond donors (Lipinski definition) is 0. The van der Waals surface area contributed by atoms with Gasteiger partial charge in [-0.2, -0.15) is 0 Å². The van der Waals surface area contributed by atoms with Crippen LogP contribution < -0.4 is 4.90 Å². The number of fused-ring (bicyclic) bond motifs is 3. The Kier molecular flexibility index (Phi) is 4.40. The van der Waals surface area contributed by atoms with Crippen molar-refractivity contribution >= 4 is 28.9 Å². The lowest BCUT2D eigenvalue weighted by molar-refractivity contribution is -0.385. The van der Waals surface area contributed by atoms with E-state index in [1.54, 1.807) is 4.90 Å². The molecule has 0 N–H and O–H groups in total. The van der Waals surface area contributed by atoms with Crippen LogP contribution in [0.15, 0.2) is 36.4 Å². The zero-order valence-corrected chi connectivity index (χ0v) is 15.9. The van der Waals surface area contributed by atoms with Crippen molar-refractivity contribution in [2.45, 2.75) is 25.3 Å². The normalized spacial score (nSPS) is 21.7. The predicted molar refractivity (Wildman–Crippen MR) is 105 cm³/mol. The lowest BCUT2D eigenvalue weighted by atomic mass is 9.88. The fourth-order valence-corrected chi connectivity index (χ4v) is 4.49. The Morgan fingerprint density at radius 2 is 2.04 bits per heavy atom. The van der Waals surface area contributed by atoms with E-state index in [-0.39, 0.29) is 29.1 Å². The van der Waals surface area contributed by atoms with Crippen LogP contribution in [-0.2, 0) is 0 Å². The molecule has 2 aliphatic heterocycles. The number of halogens is 1. The lowest BCUT2D eigenvalue weighted by Gasteiger charge is -2.36. The first-order valence-corrected chi connectivity index (χ1v) is 9.31. The molecule has 1 fully saturated rings. The third kappa shape index (κ3) is 2.99. The molecule has 0 radical (unpaired) electrons. The number of likely N-dealkylation sites (N-methyl/N-ethyl adjacent to an activating group) is 1. The third-order valence-electron chi connectivity index (χ3n) is 5.56. The van der Waals surface area contributed by atoms with E-state index in [0.29, 0.717) is 5.02 Å². The summed E-state index contributed by atoms with van der Waals surface area (Å²) in [5.74, 6) is -0.146. The van der Waals surface area contributed by atoms with Crippen molar-refractivity contribution in [3.05, 3.63) is 68.2 Å². The van der Waals surface area contributed by atoms with E-state index in [1.165, 1.54) is 18.2 Å². The zero-order chi connectivity index (χ0) is 19.3. The first kappa shape index (κ1) is 17.9. The van der Waals surface area contributed by atoms with Crippen molar-refractivity contribution in [3.63, 3.8) is 0 Å². The molecule has 140 valence electrons. The maximum atomic E-state index is 13.5. The zero-order valence-electron chi connectivity index (χ0n) is 15.2.